The average molecular weight is 314 g/mol. The minimum absolute atomic E-state index is 0.0682. The van der Waals surface area contributed by atoms with E-state index in [1.807, 2.05) is 0 Å². The van der Waals surface area contributed by atoms with Crippen LogP contribution in [0, 0.1) is 0 Å². The van der Waals surface area contributed by atoms with Crippen LogP contribution < -0.4 is 10.6 Å². The number of esters is 2. The Morgan fingerprint density at radius 2 is 2.00 bits per heavy atom. The lowest BCUT2D eigenvalue weighted by Gasteiger charge is -2.09. The largest absolute Gasteiger partial charge is 0.465 e. The van der Waals surface area contributed by atoms with E-state index in [1.165, 1.54) is 10.9 Å². The van der Waals surface area contributed by atoms with Crippen molar-refractivity contribution in [3.8, 4) is 0 Å². The van der Waals surface area contributed by atoms with Gasteiger partial charge >= 0.3 is 11.9 Å². The predicted octanol–water partition coefficient (Wildman–Crippen LogP) is 0.446. The number of aryl methyl sites for hydroxylation is 1. The van der Waals surface area contributed by atoms with Crippen LogP contribution in [0.4, 0.5) is 5.82 Å². The van der Waals surface area contributed by atoms with Crippen LogP contribution in [0.1, 0.15) is 24.2 Å². The van der Waals surface area contributed by atoms with Crippen molar-refractivity contribution in [2.45, 2.75) is 13.8 Å². The molecular formula is C12H18N4O4S. The molecule has 8 nitrogen and oxygen atoms in total. The van der Waals surface area contributed by atoms with Gasteiger partial charge in [0.05, 0.1) is 13.2 Å². The van der Waals surface area contributed by atoms with Crippen LogP contribution >= 0.6 is 12.2 Å². The molecule has 0 aliphatic rings. The van der Waals surface area contributed by atoms with Crippen LogP contribution in [-0.4, -0.2) is 46.6 Å². The lowest BCUT2D eigenvalue weighted by molar-refractivity contribution is -0.141. The molecule has 116 valence electrons. The summed E-state index contributed by atoms with van der Waals surface area (Å²) in [5, 5.41) is 9.65. The normalized spacial score (nSPS) is 9.86. The highest BCUT2D eigenvalue weighted by atomic mass is 32.1. The van der Waals surface area contributed by atoms with E-state index >= 15 is 0 Å². The van der Waals surface area contributed by atoms with Gasteiger partial charge in [-0.05, 0) is 26.1 Å². The Bertz CT molecular complexity index is 529. The number of anilines is 1. The number of rotatable bonds is 6. The van der Waals surface area contributed by atoms with Crippen LogP contribution in [-0.2, 0) is 21.3 Å². The number of hydrogen-bond donors (Lipinski definition) is 2. The van der Waals surface area contributed by atoms with Crippen LogP contribution in [0.3, 0.4) is 0 Å². The van der Waals surface area contributed by atoms with Gasteiger partial charge in [0.1, 0.15) is 12.1 Å². The number of carbonyl (C=O) groups excluding carboxylic acids is 2. The Hall–Kier alpha value is -2.16. The van der Waals surface area contributed by atoms with E-state index in [9.17, 15) is 9.59 Å². The third kappa shape index (κ3) is 5.38. The van der Waals surface area contributed by atoms with Gasteiger partial charge in [-0.1, -0.05) is 0 Å². The van der Waals surface area contributed by atoms with E-state index in [-0.39, 0.29) is 29.6 Å². The van der Waals surface area contributed by atoms with Crippen molar-refractivity contribution >= 4 is 35.1 Å². The molecule has 1 aromatic rings. The average Bonchev–Trinajstić information content (AvgIpc) is 2.78. The number of aromatic nitrogens is 2. The number of thiocarbonyl (C=S) groups is 1. The Morgan fingerprint density at radius 1 is 1.33 bits per heavy atom. The molecule has 0 aromatic carbocycles. The first kappa shape index (κ1) is 16.9. The number of hydrogen-bond acceptors (Lipinski definition) is 6. The van der Waals surface area contributed by atoms with E-state index in [0.717, 1.165) is 0 Å². The molecule has 0 bridgehead atoms. The summed E-state index contributed by atoms with van der Waals surface area (Å²) >= 11 is 5.03. The third-order valence-electron chi connectivity index (χ3n) is 2.25. The summed E-state index contributed by atoms with van der Waals surface area (Å²) in [5.74, 6) is -0.660. The molecule has 0 aliphatic carbocycles. The standard InChI is InChI=1S/C12H18N4O4S/c1-4-19-9(17)6-13-12(21)14-10-8(7-16(3)15-10)11(18)20-5-2/h7H,4-6H2,1-3H3,(H2,13,14,15,21). The Labute approximate surface area is 127 Å². The highest BCUT2D eigenvalue weighted by Crippen LogP contribution is 2.13. The fourth-order valence-electron chi connectivity index (χ4n) is 1.46. The van der Waals surface area contributed by atoms with E-state index in [1.54, 1.807) is 20.9 Å². The lowest BCUT2D eigenvalue weighted by atomic mass is 10.3. The Balaban J connectivity index is 2.63. The van der Waals surface area contributed by atoms with Gasteiger partial charge in [-0.3, -0.25) is 9.48 Å². The van der Waals surface area contributed by atoms with E-state index < -0.39 is 11.9 Å². The molecule has 21 heavy (non-hydrogen) atoms. The summed E-state index contributed by atoms with van der Waals surface area (Å²) in [7, 11) is 1.67. The predicted molar refractivity (Wildman–Crippen MR) is 80.0 cm³/mol. The Morgan fingerprint density at radius 3 is 2.62 bits per heavy atom. The molecular weight excluding hydrogens is 296 g/mol. The number of nitrogens with zero attached hydrogens (tertiary/aromatic N) is 2. The van der Waals surface area contributed by atoms with Gasteiger partial charge < -0.3 is 20.1 Å². The quantitative estimate of drug-likeness (QED) is 0.577. The zero-order valence-electron chi connectivity index (χ0n) is 12.1. The second-order valence-corrected chi connectivity index (χ2v) is 4.31. The fraction of sp³-hybridized carbons (Fsp3) is 0.500. The molecule has 0 atom stereocenters. The van der Waals surface area contributed by atoms with Crippen LogP contribution in [0.25, 0.3) is 0 Å². The lowest BCUT2D eigenvalue weighted by Crippen LogP contribution is -2.34. The van der Waals surface area contributed by atoms with Gasteiger partial charge in [0.15, 0.2) is 10.9 Å². The summed E-state index contributed by atoms with van der Waals surface area (Å²) in [5.41, 5.74) is 0.264. The van der Waals surface area contributed by atoms with E-state index in [4.69, 9.17) is 21.7 Å². The Kier molecular flexibility index (Phi) is 6.60. The van der Waals surface area contributed by atoms with Crippen LogP contribution in [0.5, 0.6) is 0 Å². The molecule has 9 heteroatoms. The molecule has 1 aromatic heterocycles. The first-order chi connectivity index (χ1) is 9.97. The summed E-state index contributed by atoms with van der Waals surface area (Å²) in [6.45, 7) is 3.93. The van der Waals surface area contributed by atoms with Crippen molar-refractivity contribution in [1.82, 2.24) is 15.1 Å². The maximum absolute atomic E-state index is 11.8. The van der Waals surface area contributed by atoms with E-state index in [0.29, 0.717) is 6.61 Å². The second kappa shape index (κ2) is 8.20. The van der Waals surface area contributed by atoms with Crippen molar-refractivity contribution in [2.24, 2.45) is 7.05 Å². The topological polar surface area (TPSA) is 94.5 Å². The number of nitrogens with one attached hydrogen (secondary N) is 2. The summed E-state index contributed by atoms with van der Waals surface area (Å²) in [6.07, 6.45) is 1.52. The molecule has 0 fully saturated rings. The molecule has 0 spiro atoms. The van der Waals surface area contributed by atoms with Crippen LogP contribution in [0.15, 0.2) is 6.20 Å². The minimum atomic E-state index is -0.499. The minimum Gasteiger partial charge on any atom is -0.465 e. The fourth-order valence-corrected chi connectivity index (χ4v) is 1.62. The molecule has 0 saturated heterocycles. The van der Waals surface area contributed by atoms with Crippen LogP contribution in [0.2, 0.25) is 0 Å². The summed E-state index contributed by atoms with van der Waals surface area (Å²) < 4.78 is 11.1. The molecule has 0 unspecified atom stereocenters. The smallest absolute Gasteiger partial charge is 0.343 e. The monoisotopic (exact) mass is 314 g/mol. The van der Waals surface area contributed by atoms with Crippen molar-refractivity contribution in [2.75, 3.05) is 25.1 Å². The molecule has 0 aliphatic heterocycles. The summed E-state index contributed by atoms with van der Waals surface area (Å²) in [6, 6.07) is 0. The van der Waals surface area contributed by atoms with Crippen molar-refractivity contribution < 1.29 is 19.1 Å². The highest BCUT2D eigenvalue weighted by Gasteiger charge is 2.17. The SMILES string of the molecule is CCOC(=O)CNC(=S)Nc1nn(C)cc1C(=O)OCC. The van der Waals surface area contributed by atoms with Gasteiger partial charge in [0.25, 0.3) is 0 Å². The van der Waals surface area contributed by atoms with Gasteiger partial charge in [-0.25, -0.2) is 4.79 Å². The third-order valence-corrected chi connectivity index (χ3v) is 2.50. The van der Waals surface area contributed by atoms with Gasteiger partial charge in [-0.2, -0.15) is 5.10 Å². The molecule has 1 rings (SSSR count). The van der Waals surface area contributed by atoms with E-state index in [2.05, 4.69) is 15.7 Å². The number of carbonyl (C=O) groups is 2. The molecule has 2 N–H and O–H groups in total. The zero-order valence-corrected chi connectivity index (χ0v) is 13.0. The first-order valence-corrected chi connectivity index (χ1v) is 6.80. The van der Waals surface area contributed by atoms with Gasteiger partial charge in [0, 0.05) is 13.2 Å². The molecule has 0 radical (unpaired) electrons. The molecule has 0 saturated carbocycles. The highest BCUT2D eigenvalue weighted by molar-refractivity contribution is 7.80. The van der Waals surface area contributed by atoms with Crippen molar-refractivity contribution in [3.63, 3.8) is 0 Å². The first-order valence-electron chi connectivity index (χ1n) is 6.39. The van der Waals surface area contributed by atoms with Gasteiger partial charge in [0.2, 0.25) is 0 Å². The van der Waals surface area contributed by atoms with Crippen molar-refractivity contribution in [1.29, 1.82) is 0 Å². The van der Waals surface area contributed by atoms with Crippen molar-refractivity contribution in [3.05, 3.63) is 11.8 Å². The second-order valence-electron chi connectivity index (χ2n) is 3.90. The maximum atomic E-state index is 11.8. The molecule has 0 amide bonds. The zero-order chi connectivity index (χ0) is 15.8. The van der Waals surface area contributed by atoms with Gasteiger partial charge in [-0.15, -0.1) is 0 Å². The maximum Gasteiger partial charge on any atom is 0.343 e. The molecule has 1 heterocycles. The number of ether oxygens (including phenoxy) is 2. The summed E-state index contributed by atoms with van der Waals surface area (Å²) in [4.78, 5) is 23.0.